The fourth-order valence-electron chi connectivity index (χ4n) is 2.52. The Kier molecular flexibility index (Phi) is 2.66. The van der Waals surface area contributed by atoms with Crippen molar-refractivity contribution in [2.75, 3.05) is 11.5 Å². The highest BCUT2D eigenvalue weighted by Crippen LogP contribution is 2.38. The average molecular weight is 186 g/mol. The largest absolute Gasteiger partial charge is 0.390 e. The van der Waals surface area contributed by atoms with Crippen LogP contribution in [0, 0.1) is 5.92 Å². The highest BCUT2D eigenvalue weighted by atomic mass is 32.2. The van der Waals surface area contributed by atoms with Crippen molar-refractivity contribution in [3.8, 4) is 0 Å². The molecular formula is C10H18OS. The van der Waals surface area contributed by atoms with Gasteiger partial charge in [0.25, 0.3) is 0 Å². The van der Waals surface area contributed by atoms with E-state index < -0.39 is 0 Å². The number of aliphatic hydroxyl groups is 1. The Labute approximate surface area is 78.9 Å². The molecule has 1 saturated heterocycles. The zero-order chi connectivity index (χ0) is 8.44. The van der Waals surface area contributed by atoms with E-state index in [4.69, 9.17) is 0 Å². The summed E-state index contributed by atoms with van der Waals surface area (Å²) in [5, 5.41) is 10.1. The lowest BCUT2D eigenvalue weighted by Gasteiger charge is -2.25. The monoisotopic (exact) mass is 186 g/mol. The van der Waals surface area contributed by atoms with Gasteiger partial charge in [-0.25, -0.2) is 0 Å². The third-order valence-corrected chi connectivity index (χ3v) is 4.46. The molecule has 0 amide bonds. The van der Waals surface area contributed by atoms with E-state index >= 15 is 0 Å². The van der Waals surface area contributed by atoms with Crippen molar-refractivity contribution in [3.63, 3.8) is 0 Å². The van der Waals surface area contributed by atoms with Crippen LogP contribution in [-0.2, 0) is 0 Å². The van der Waals surface area contributed by atoms with Gasteiger partial charge in [-0.05, 0) is 43.1 Å². The number of rotatable bonds is 2. The first-order valence-corrected chi connectivity index (χ1v) is 6.24. The van der Waals surface area contributed by atoms with E-state index in [1.54, 1.807) is 0 Å². The molecule has 0 aromatic rings. The Hall–Kier alpha value is 0.310. The fraction of sp³-hybridized carbons (Fsp3) is 1.00. The molecule has 2 rings (SSSR count). The number of thioether (sulfide) groups is 1. The van der Waals surface area contributed by atoms with Gasteiger partial charge in [-0.15, -0.1) is 0 Å². The van der Waals surface area contributed by atoms with Gasteiger partial charge in [0.1, 0.15) is 0 Å². The molecule has 0 spiro atoms. The summed E-state index contributed by atoms with van der Waals surface area (Å²) >= 11 is 2.05. The summed E-state index contributed by atoms with van der Waals surface area (Å²) in [6, 6.07) is 0. The Bertz CT molecular complexity index is 146. The predicted molar refractivity (Wildman–Crippen MR) is 53.5 cm³/mol. The van der Waals surface area contributed by atoms with Crippen molar-refractivity contribution in [3.05, 3.63) is 0 Å². The molecule has 2 fully saturated rings. The lowest BCUT2D eigenvalue weighted by atomic mass is 9.89. The molecule has 2 heteroatoms. The molecule has 0 bridgehead atoms. The van der Waals surface area contributed by atoms with Crippen LogP contribution in [0.4, 0.5) is 0 Å². The van der Waals surface area contributed by atoms with Crippen LogP contribution in [0.3, 0.4) is 0 Å². The molecule has 1 N–H and O–H groups in total. The maximum absolute atomic E-state index is 10.1. The highest BCUT2D eigenvalue weighted by Gasteiger charge is 2.34. The van der Waals surface area contributed by atoms with Crippen molar-refractivity contribution in [2.24, 2.45) is 5.92 Å². The van der Waals surface area contributed by atoms with E-state index in [2.05, 4.69) is 11.8 Å². The quantitative estimate of drug-likeness (QED) is 0.715. The zero-order valence-corrected chi connectivity index (χ0v) is 8.41. The van der Waals surface area contributed by atoms with Crippen LogP contribution in [0.15, 0.2) is 0 Å². The topological polar surface area (TPSA) is 20.2 Å². The van der Waals surface area contributed by atoms with Gasteiger partial charge >= 0.3 is 0 Å². The first kappa shape index (κ1) is 8.89. The third kappa shape index (κ3) is 1.97. The van der Waals surface area contributed by atoms with E-state index in [1.165, 1.54) is 30.8 Å². The lowest BCUT2D eigenvalue weighted by Crippen LogP contribution is -2.27. The minimum Gasteiger partial charge on any atom is -0.390 e. The summed E-state index contributed by atoms with van der Waals surface area (Å²) in [4.78, 5) is 0. The average Bonchev–Trinajstić information content (AvgIpc) is 2.62. The second-order valence-corrected chi connectivity index (χ2v) is 5.52. The van der Waals surface area contributed by atoms with Gasteiger partial charge in [0, 0.05) is 0 Å². The molecule has 1 atom stereocenters. The van der Waals surface area contributed by atoms with Crippen molar-refractivity contribution in [1.29, 1.82) is 0 Å². The van der Waals surface area contributed by atoms with Crippen LogP contribution in [-0.4, -0.2) is 22.2 Å². The molecule has 1 heterocycles. The molecule has 0 aromatic heterocycles. The Balaban J connectivity index is 1.83. The standard InChI is InChI=1S/C10H18OS/c11-10(4-1-2-5-10)7-9-3-6-12-8-9/h9,11H,1-8H2. The van der Waals surface area contributed by atoms with E-state index in [9.17, 15) is 5.11 Å². The molecule has 12 heavy (non-hydrogen) atoms. The number of hydrogen-bond donors (Lipinski definition) is 1. The van der Waals surface area contributed by atoms with Gasteiger partial charge in [0.2, 0.25) is 0 Å². The molecule has 1 unspecified atom stereocenters. The third-order valence-electron chi connectivity index (χ3n) is 3.23. The lowest BCUT2D eigenvalue weighted by molar-refractivity contribution is 0.0254. The van der Waals surface area contributed by atoms with Gasteiger partial charge in [0.15, 0.2) is 0 Å². The maximum atomic E-state index is 10.1. The molecule has 1 aliphatic heterocycles. The second kappa shape index (κ2) is 3.59. The van der Waals surface area contributed by atoms with E-state index in [0.717, 1.165) is 25.2 Å². The normalized spacial score (nSPS) is 34.2. The minimum atomic E-state index is -0.254. The van der Waals surface area contributed by atoms with Crippen LogP contribution in [0.1, 0.15) is 38.5 Å². The SMILES string of the molecule is OC1(CC2CCSC2)CCCC1. The molecule has 2 aliphatic rings. The van der Waals surface area contributed by atoms with Crippen molar-refractivity contribution in [1.82, 2.24) is 0 Å². The van der Waals surface area contributed by atoms with E-state index in [1.807, 2.05) is 0 Å². The van der Waals surface area contributed by atoms with Crippen LogP contribution in [0.25, 0.3) is 0 Å². The Morgan fingerprint density at radius 2 is 2.08 bits per heavy atom. The van der Waals surface area contributed by atoms with Gasteiger partial charge in [-0.2, -0.15) is 11.8 Å². The van der Waals surface area contributed by atoms with E-state index in [0.29, 0.717) is 0 Å². The molecule has 70 valence electrons. The summed E-state index contributed by atoms with van der Waals surface area (Å²) in [6.07, 6.45) is 7.04. The molecule has 1 aliphatic carbocycles. The Morgan fingerprint density at radius 3 is 2.67 bits per heavy atom. The van der Waals surface area contributed by atoms with Crippen LogP contribution in [0.2, 0.25) is 0 Å². The highest BCUT2D eigenvalue weighted by molar-refractivity contribution is 7.99. The van der Waals surface area contributed by atoms with Gasteiger partial charge in [-0.3, -0.25) is 0 Å². The maximum Gasteiger partial charge on any atom is 0.0650 e. The summed E-state index contributed by atoms with van der Waals surface area (Å²) in [7, 11) is 0. The summed E-state index contributed by atoms with van der Waals surface area (Å²) in [6.45, 7) is 0. The van der Waals surface area contributed by atoms with Crippen LogP contribution >= 0.6 is 11.8 Å². The molecule has 0 radical (unpaired) electrons. The van der Waals surface area contributed by atoms with Crippen LogP contribution in [0.5, 0.6) is 0 Å². The zero-order valence-electron chi connectivity index (χ0n) is 7.59. The van der Waals surface area contributed by atoms with Crippen molar-refractivity contribution >= 4 is 11.8 Å². The van der Waals surface area contributed by atoms with Gasteiger partial charge < -0.3 is 5.11 Å². The first-order chi connectivity index (χ1) is 5.79. The Morgan fingerprint density at radius 1 is 1.33 bits per heavy atom. The summed E-state index contributed by atoms with van der Waals surface area (Å²) in [5.41, 5.74) is -0.254. The summed E-state index contributed by atoms with van der Waals surface area (Å²) in [5.74, 6) is 3.43. The van der Waals surface area contributed by atoms with Gasteiger partial charge in [-0.1, -0.05) is 12.8 Å². The molecule has 1 nitrogen and oxygen atoms in total. The fourth-order valence-corrected chi connectivity index (χ4v) is 3.80. The molecule has 1 saturated carbocycles. The first-order valence-electron chi connectivity index (χ1n) is 5.09. The van der Waals surface area contributed by atoms with E-state index in [-0.39, 0.29) is 5.60 Å². The number of hydrogen-bond acceptors (Lipinski definition) is 2. The van der Waals surface area contributed by atoms with Gasteiger partial charge in [0.05, 0.1) is 5.60 Å². The second-order valence-electron chi connectivity index (χ2n) is 4.37. The molecule has 0 aromatic carbocycles. The summed E-state index contributed by atoms with van der Waals surface area (Å²) < 4.78 is 0. The van der Waals surface area contributed by atoms with Crippen LogP contribution < -0.4 is 0 Å². The smallest absolute Gasteiger partial charge is 0.0650 e. The molecular weight excluding hydrogens is 168 g/mol. The van der Waals surface area contributed by atoms with Crippen molar-refractivity contribution < 1.29 is 5.11 Å². The predicted octanol–water partition coefficient (Wildman–Crippen LogP) is 2.43. The van der Waals surface area contributed by atoms with Crippen molar-refractivity contribution in [2.45, 2.75) is 44.1 Å². The minimum absolute atomic E-state index is 0.254.